The summed E-state index contributed by atoms with van der Waals surface area (Å²) in [6.45, 7) is 2.69. The molecule has 0 saturated carbocycles. The minimum Gasteiger partial charge on any atom is -0.327 e. The zero-order chi connectivity index (χ0) is 12.8. The largest absolute Gasteiger partial charge is 0.327 e. The molecule has 2 rings (SSSR count). The Balaban J connectivity index is 2.42. The maximum Gasteiger partial charge on any atom is 0.0272 e. The van der Waals surface area contributed by atoms with Gasteiger partial charge in [0.05, 0.1) is 0 Å². The summed E-state index contributed by atoms with van der Waals surface area (Å²) in [7, 11) is 0. The van der Waals surface area contributed by atoms with Gasteiger partial charge in [0.15, 0.2) is 0 Å². The van der Waals surface area contributed by atoms with Gasteiger partial charge in [-0.1, -0.05) is 72.3 Å². The second-order valence-corrected chi connectivity index (χ2v) is 4.52. The third-order valence-electron chi connectivity index (χ3n) is 3.09. The topological polar surface area (TPSA) is 26.0 Å². The fraction of sp³-hybridized carbons (Fsp3) is 0.176. The highest BCUT2D eigenvalue weighted by Crippen LogP contribution is 2.26. The average Bonchev–Trinajstić information content (AvgIpc) is 2.46. The number of benzene rings is 2. The Kier molecular flexibility index (Phi) is 4.32. The Bertz CT molecular complexity index is 460. The maximum atomic E-state index is 5.71. The van der Waals surface area contributed by atoms with E-state index in [2.05, 4.69) is 61.5 Å². The van der Waals surface area contributed by atoms with Crippen LogP contribution in [0.1, 0.15) is 24.0 Å². The molecular weight excluding hydrogens is 218 g/mol. The van der Waals surface area contributed by atoms with Crippen LogP contribution in [0.25, 0.3) is 0 Å². The van der Waals surface area contributed by atoms with Crippen LogP contribution in [0.3, 0.4) is 0 Å². The lowest BCUT2D eigenvalue weighted by atomic mass is 9.90. The Labute approximate surface area is 109 Å². The second kappa shape index (κ2) is 6.18. The van der Waals surface area contributed by atoms with Crippen molar-refractivity contribution < 1.29 is 0 Å². The van der Waals surface area contributed by atoms with E-state index in [0.717, 1.165) is 0 Å². The Morgan fingerprint density at radius 1 is 0.944 bits per heavy atom. The van der Waals surface area contributed by atoms with E-state index in [-0.39, 0.29) is 5.92 Å². The smallest absolute Gasteiger partial charge is 0.0272 e. The third kappa shape index (κ3) is 3.08. The highest BCUT2D eigenvalue weighted by Gasteiger charge is 2.10. The van der Waals surface area contributed by atoms with Gasteiger partial charge in [0.2, 0.25) is 0 Å². The summed E-state index contributed by atoms with van der Waals surface area (Å²) >= 11 is 0. The van der Waals surface area contributed by atoms with Crippen molar-refractivity contribution in [1.82, 2.24) is 0 Å². The van der Waals surface area contributed by atoms with Gasteiger partial charge >= 0.3 is 0 Å². The van der Waals surface area contributed by atoms with Crippen molar-refractivity contribution in [2.45, 2.75) is 12.8 Å². The first-order valence-corrected chi connectivity index (χ1v) is 6.28. The molecule has 0 unspecified atom stereocenters. The molecule has 0 spiro atoms. The molecule has 92 valence electrons. The number of allylic oxidation sites excluding steroid dienone is 1. The lowest BCUT2D eigenvalue weighted by Crippen LogP contribution is -2.04. The molecule has 2 aromatic carbocycles. The van der Waals surface area contributed by atoms with Crippen LogP contribution in [0.5, 0.6) is 0 Å². The molecule has 0 aromatic heterocycles. The van der Waals surface area contributed by atoms with E-state index >= 15 is 0 Å². The molecule has 2 aromatic rings. The second-order valence-electron chi connectivity index (χ2n) is 4.52. The van der Waals surface area contributed by atoms with Gasteiger partial charge in [0.1, 0.15) is 0 Å². The summed E-state index contributed by atoms with van der Waals surface area (Å²) in [5, 5.41) is 0. The summed E-state index contributed by atoms with van der Waals surface area (Å²) < 4.78 is 0. The van der Waals surface area contributed by atoms with Crippen LogP contribution in [-0.2, 0) is 0 Å². The molecule has 18 heavy (non-hydrogen) atoms. The molecule has 1 nitrogen and oxygen atoms in total. The molecular formula is C17H19N. The zero-order valence-corrected chi connectivity index (χ0v) is 10.7. The van der Waals surface area contributed by atoms with Crippen molar-refractivity contribution >= 4 is 0 Å². The SMILES string of the molecule is C/C(=C/C(c1ccccc1)c1ccccc1)CN. The van der Waals surface area contributed by atoms with Crippen molar-refractivity contribution in [2.24, 2.45) is 5.73 Å². The molecule has 0 atom stereocenters. The van der Waals surface area contributed by atoms with Gasteiger partial charge in [0.25, 0.3) is 0 Å². The number of nitrogens with two attached hydrogens (primary N) is 1. The molecule has 2 N–H and O–H groups in total. The first-order chi connectivity index (χ1) is 8.81. The predicted octanol–water partition coefficient (Wildman–Crippen LogP) is 3.72. The minimum absolute atomic E-state index is 0.288. The Morgan fingerprint density at radius 3 is 1.78 bits per heavy atom. The molecule has 0 aliphatic heterocycles. The van der Waals surface area contributed by atoms with Crippen molar-refractivity contribution in [3.8, 4) is 0 Å². The van der Waals surface area contributed by atoms with Crippen LogP contribution in [0.4, 0.5) is 0 Å². The fourth-order valence-corrected chi connectivity index (χ4v) is 2.06. The lowest BCUT2D eigenvalue weighted by Gasteiger charge is -2.15. The lowest BCUT2D eigenvalue weighted by molar-refractivity contribution is 0.988. The van der Waals surface area contributed by atoms with E-state index in [9.17, 15) is 0 Å². The molecule has 0 radical (unpaired) electrons. The minimum atomic E-state index is 0.288. The quantitative estimate of drug-likeness (QED) is 0.806. The summed E-state index contributed by atoms with van der Waals surface area (Å²) in [5.74, 6) is 0.288. The summed E-state index contributed by atoms with van der Waals surface area (Å²) in [4.78, 5) is 0. The summed E-state index contributed by atoms with van der Waals surface area (Å²) in [5.41, 5.74) is 9.53. The molecule has 0 heterocycles. The molecule has 0 aliphatic carbocycles. The van der Waals surface area contributed by atoms with E-state index in [1.54, 1.807) is 0 Å². The van der Waals surface area contributed by atoms with Gasteiger partial charge in [-0.05, 0) is 18.1 Å². The Hall–Kier alpha value is -1.86. The zero-order valence-electron chi connectivity index (χ0n) is 10.7. The van der Waals surface area contributed by atoms with Crippen molar-refractivity contribution in [3.63, 3.8) is 0 Å². The van der Waals surface area contributed by atoms with Gasteiger partial charge in [0, 0.05) is 12.5 Å². The summed E-state index contributed by atoms with van der Waals surface area (Å²) in [6, 6.07) is 21.1. The van der Waals surface area contributed by atoms with Crippen molar-refractivity contribution in [3.05, 3.63) is 83.4 Å². The van der Waals surface area contributed by atoms with E-state index in [1.807, 2.05) is 12.1 Å². The van der Waals surface area contributed by atoms with Gasteiger partial charge in [-0.3, -0.25) is 0 Å². The standard InChI is InChI=1S/C17H19N/c1-14(13-18)12-17(15-8-4-2-5-9-15)16-10-6-3-7-11-16/h2-12,17H,13,18H2,1H3/b14-12-. The number of hydrogen-bond acceptors (Lipinski definition) is 1. The molecule has 0 saturated heterocycles. The van der Waals surface area contributed by atoms with Crippen LogP contribution >= 0.6 is 0 Å². The van der Waals surface area contributed by atoms with Crippen LogP contribution in [0.2, 0.25) is 0 Å². The van der Waals surface area contributed by atoms with Crippen LogP contribution in [-0.4, -0.2) is 6.54 Å². The first kappa shape index (κ1) is 12.6. The predicted molar refractivity (Wildman–Crippen MR) is 77.5 cm³/mol. The van der Waals surface area contributed by atoms with E-state index in [0.29, 0.717) is 6.54 Å². The van der Waals surface area contributed by atoms with Gasteiger partial charge in [-0.2, -0.15) is 0 Å². The van der Waals surface area contributed by atoms with Crippen LogP contribution in [0, 0.1) is 0 Å². The maximum absolute atomic E-state index is 5.71. The fourth-order valence-electron chi connectivity index (χ4n) is 2.06. The van der Waals surface area contributed by atoms with Gasteiger partial charge < -0.3 is 5.73 Å². The molecule has 0 bridgehead atoms. The van der Waals surface area contributed by atoms with E-state index in [4.69, 9.17) is 5.73 Å². The highest BCUT2D eigenvalue weighted by molar-refractivity contribution is 5.37. The van der Waals surface area contributed by atoms with Gasteiger partial charge in [-0.25, -0.2) is 0 Å². The van der Waals surface area contributed by atoms with E-state index < -0.39 is 0 Å². The molecule has 0 fully saturated rings. The summed E-state index contributed by atoms with van der Waals surface area (Å²) in [6.07, 6.45) is 2.25. The normalized spacial score (nSPS) is 11.8. The van der Waals surface area contributed by atoms with Gasteiger partial charge in [-0.15, -0.1) is 0 Å². The average molecular weight is 237 g/mol. The first-order valence-electron chi connectivity index (χ1n) is 6.28. The van der Waals surface area contributed by atoms with Crippen LogP contribution < -0.4 is 5.73 Å². The highest BCUT2D eigenvalue weighted by atomic mass is 14.5. The van der Waals surface area contributed by atoms with E-state index in [1.165, 1.54) is 16.7 Å². The monoisotopic (exact) mass is 237 g/mol. The molecule has 1 heteroatoms. The van der Waals surface area contributed by atoms with Crippen molar-refractivity contribution in [1.29, 1.82) is 0 Å². The molecule has 0 amide bonds. The van der Waals surface area contributed by atoms with Crippen molar-refractivity contribution in [2.75, 3.05) is 6.54 Å². The Morgan fingerprint density at radius 2 is 1.39 bits per heavy atom. The number of hydrogen-bond donors (Lipinski definition) is 1. The number of rotatable bonds is 4. The molecule has 0 aliphatic rings. The van der Waals surface area contributed by atoms with Crippen LogP contribution in [0.15, 0.2) is 72.3 Å². The third-order valence-corrected chi connectivity index (χ3v) is 3.09.